The van der Waals surface area contributed by atoms with Gasteiger partial charge in [0.25, 0.3) is 0 Å². The molecule has 1 heterocycles. The van der Waals surface area contributed by atoms with Gasteiger partial charge in [-0.1, -0.05) is 37.1 Å². The van der Waals surface area contributed by atoms with Gasteiger partial charge in [0.15, 0.2) is 0 Å². The molecule has 0 radical (unpaired) electrons. The monoisotopic (exact) mass is 329 g/mol. The van der Waals surface area contributed by atoms with Crippen LogP contribution in [0.1, 0.15) is 36.8 Å². The van der Waals surface area contributed by atoms with Crippen LogP contribution in [0.4, 0.5) is 0 Å². The standard InChI is InChI=1S/C20H31N3O/c1-16-8-4-5-9-18(16)20(10-6-7-11-20)19(24)21-14-17-15-22(2)12-13-23(17)3/h4-5,8-9,17H,6-7,10-15H2,1-3H3,(H,21,24). The van der Waals surface area contributed by atoms with Crippen LogP contribution in [0.25, 0.3) is 0 Å². The van der Waals surface area contributed by atoms with Crippen molar-refractivity contribution in [3.8, 4) is 0 Å². The number of rotatable bonds is 4. The van der Waals surface area contributed by atoms with E-state index in [1.807, 2.05) is 0 Å². The number of carbonyl (C=O) groups is 1. The second-order valence-electron chi connectivity index (χ2n) is 7.71. The van der Waals surface area contributed by atoms with E-state index in [0.29, 0.717) is 6.04 Å². The molecule has 4 nitrogen and oxygen atoms in total. The molecule has 1 aliphatic carbocycles. The number of benzene rings is 1. The van der Waals surface area contributed by atoms with Crippen molar-refractivity contribution < 1.29 is 4.79 Å². The summed E-state index contributed by atoms with van der Waals surface area (Å²) in [5, 5.41) is 3.30. The van der Waals surface area contributed by atoms with Crippen molar-refractivity contribution in [1.29, 1.82) is 0 Å². The molecule has 132 valence electrons. The Morgan fingerprint density at radius 3 is 2.62 bits per heavy atom. The summed E-state index contributed by atoms with van der Waals surface area (Å²) in [6, 6.07) is 8.82. The SMILES string of the molecule is Cc1ccccc1C1(C(=O)NCC2CN(C)CCN2C)CCCC1. The molecular formula is C20H31N3O. The molecule has 1 aliphatic heterocycles. The first-order valence-corrected chi connectivity index (χ1v) is 9.26. The van der Waals surface area contributed by atoms with Gasteiger partial charge < -0.3 is 10.2 Å². The zero-order valence-electron chi connectivity index (χ0n) is 15.3. The lowest BCUT2D eigenvalue weighted by Gasteiger charge is -2.38. The van der Waals surface area contributed by atoms with E-state index in [1.54, 1.807) is 0 Å². The van der Waals surface area contributed by atoms with Crippen LogP contribution >= 0.6 is 0 Å². The Morgan fingerprint density at radius 2 is 1.92 bits per heavy atom. The number of aryl methyl sites for hydroxylation is 1. The largest absolute Gasteiger partial charge is 0.354 e. The molecule has 1 unspecified atom stereocenters. The Labute approximate surface area is 146 Å². The third-order valence-electron chi connectivity index (χ3n) is 6.03. The van der Waals surface area contributed by atoms with Crippen molar-refractivity contribution in [2.45, 2.75) is 44.1 Å². The highest BCUT2D eigenvalue weighted by atomic mass is 16.2. The topological polar surface area (TPSA) is 35.6 Å². The van der Waals surface area contributed by atoms with Gasteiger partial charge in [0.05, 0.1) is 5.41 Å². The highest BCUT2D eigenvalue weighted by Gasteiger charge is 2.43. The smallest absolute Gasteiger partial charge is 0.230 e. The molecule has 3 rings (SSSR count). The molecule has 1 N–H and O–H groups in total. The summed E-state index contributed by atoms with van der Waals surface area (Å²) in [6.07, 6.45) is 4.25. The van der Waals surface area contributed by atoms with Crippen molar-refractivity contribution >= 4 is 5.91 Å². The normalized spacial score (nSPS) is 24.9. The van der Waals surface area contributed by atoms with Gasteiger partial charge in [-0.25, -0.2) is 0 Å². The van der Waals surface area contributed by atoms with Gasteiger partial charge in [0, 0.05) is 32.2 Å². The average Bonchev–Trinajstić information content (AvgIpc) is 3.06. The maximum Gasteiger partial charge on any atom is 0.230 e. The summed E-state index contributed by atoms with van der Waals surface area (Å²) >= 11 is 0. The van der Waals surface area contributed by atoms with Crippen molar-refractivity contribution in [2.75, 3.05) is 40.3 Å². The lowest BCUT2D eigenvalue weighted by Crippen LogP contribution is -2.56. The van der Waals surface area contributed by atoms with Gasteiger partial charge in [-0.3, -0.25) is 9.69 Å². The van der Waals surface area contributed by atoms with Gasteiger partial charge in [0.2, 0.25) is 5.91 Å². The van der Waals surface area contributed by atoms with E-state index < -0.39 is 0 Å². The second-order valence-corrected chi connectivity index (χ2v) is 7.71. The van der Waals surface area contributed by atoms with Gasteiger partial charge in [-0.2, -0.15) is 0 Å². The lowest BCUT2D eigenvalue weighted by atomic mass is 9.76. The highest BCUT2D eigenvalue weighted by Crippen LogP contribution is 2.42. The Balaban J connectivity index is 1.73. The predicted octanol–water partition coefficient (Wildman–Crippen LogP) is 2.17. The molecule has 0 bridgehead atoms. The molecule has 1 saturated carbocycles. The Bertz CT molecular complexity index is 580. The third-order valence-corrected chi connectivity index (χ3v) is 6.03. The quantitative estimate of drug-likeness (QED) is 0.919. The molecule has 0 aromatic heterocycles. The Kier molecular flexibility index (Phi) is 5.26. The summed E-state index contributed by atoms with van der Waals surface area (Å²) in [5.74, 6) is 0.232. The Hall–Kier alpha value is -1.39. The number of hydrogen-bond acceptors (Lipinski definition) is 3. The molecule has 1 aromatic carbocycles. The molecular weight excluding hydrogens is 298 g/mol. The summed E-state index contributed by atoms with van der Waals surface area (Å²) in [7, 11) is 4.32. The van der Waals surface area contributed by atoms with Gasteiger partial charge in [-0.05, 0) is 45.0 Å². The number of carbonyl (C=O) groups excluding carboxylic acids is 1. The Morgan fingerprint density at radius 1 is 1.21 bits per heavy atom. The van der Waals surface area contributed by atoms with Crippen LogP contribution in [-0.2, 0) is 10.2 Å². The van der Waals surface area contributed by atoms with Gasteiger partial charge in [-0.15, -0.1) is 0 Å². The maximum atomic E-state index is 13.2. The van der Waals surface area contributed by atoms with Crippen LogP contribution in [0, 0.1) is 6.92 Å². The van der Waals surface area contributed by atoms with Crippen LogP contribution in [0.3, 0.4) is 0 Å². The van der Waals surface area contributed by atoms with Crippen molar-refractivity contribution in [2.24, 2.45) is 0 Å². The van der Waals surface area contributed by atoms with Crippen molar-refractivity contribution in [3.63, 3.8) is 0 Å². The highest BCUT2D eigenvalue weighted by molar-refractivity contribution is 5.89. The zero-order valence-corrected chi connectivity index (χ0v) is 15.3. The minimum atomic E-state index is -0.315. The molecule has 2 aliphatic rings. The molecule has 1 aromatic rings. The van der Waals surface area contributed by atoms with E-state index in [4.69, 9.17) is 0 Å². The predicted molar refractivity (Wildman–Crippen MR) is 98.2 cm³/mol. The van der Waals surface area contributed by atoms with Crippen LogP contribution in [-0.4, -0.2) is 62.0 Å². The number of piperazine rings is 1. The molecule has 1 saturated heterocycles. The average molecular weight is 329 g/mol. The minimum absolute atomic E-state index is 0.232. The molecule has 4 heteroatoms. The second kappa shape index (κ2) is 7.24. The van der Waals surface area contributed by atoms with Gasteiger partial charge in [0.1, 0.15) is 0 Å². The summed E-state index contributed by atoms with van der Waals surface area (Å²) in [4.78, 5) is 17.9. The first-order chi connectivity index (χ1) is 11.5. The first-order valence-electron chi connectivity index (χ1n) is 9.26. The van der Waals surface area contributed by atoms with Crippen LogP contribution in [0.5, 0.6) is 0 Å². The fourth-order valence-electron chi connectivity index (χ4n) is 4.41. The number of nitrogens with one attached hydrogen (secondary N) is 1. The molecule has 0 spiro atoms. The van der Waals surface area contributed by atoms with E-state index in [-0.39, 0.29) is 11.3 Å². The lowest BCUT2D eigenvalue weighted by molar-refractivity contribution is -0.127. The first kappa shape index (κ1) is 17.4. The van der Waals surface area contributed by atoms with E-state index in [0.717, 1.165) is 51.9 Å². The summed E-state index contributed by atoms with van der Waals surface area (Å²) in [5.41, 5.74) is 2.16. The van der Waals surface area contributed by atoms with E-state index >= 15 is 0 Å². The molecule has 2 fully saturated rings. The summed E-state index contributed by atoms with van der Waals surface area (Å²) < 4.78 is 0. The molecule has 1 amide bonds. The fraction of sp³-hybridized carbons (Fsp3) is 0.650. The fourth-order valence-corrected chi connectivity index (χ4v) is 4.41. The summed E-state index contributed by atoms with van der Waals surface area (Å²) in [6.45, 7) is 6.07. The van der Waals surface area contributed by atoms with Crippen molar-refractivity contribution in [3.05, 3.63) is 35.4 Å². The van der Waals surface area contributed by atoms with Crippen LogP contribution in [0.2, 0.25) is 0 Å². The maximum absolute atomic E-state index is 13.2. The number of hydrogen-bond donors (Lipinski definition) is 1. The van der Waals surface area contributed by atoms with Gasteiger partial charge >= 0.3 is 0 Å². The number of amides is 1. The molecule has 24 heavy (non-hydrogen) atoms. The zero-order chi connectivity index (χ0) is 17.2. The third kappa shape index (κ3) is 3.35. The van der Waals surface area contributed by atoms with E-state index in [2.05, 4.69) is 60.4 Å². The number of nitrogens with zero attached hydrogens (tertiary/aromatic N) is 2. The van der Waals surface area contributed by atoms with Crippen LogP contribution in [0.15, 0.2) is 24.3 Å². The number of likely N-dealkylation sites (N-methyl/N-ethyl adjacent to an activating group) is 2. The van der Waals surface area contributed by atoms with E-state index in [9.17, 15) is 4.79 Å². The van der Waals surface area contributed by atoms with E-state index in [1.165, 1.54) is 11.1 Å². The minimum Gasteiger partial charge on any atom is -0.354 e. The van der Waals surface area contributed by atoms with Crippen LogP contribution < -0.4 is 5.32 Å². The van der Waals surface area contributed by atoms with Crippen molar-refractivity contribution in [1.82, 2.24) is 15.1 Å². The molecule has 1 atom stereocenters.